The molecule has 1 aliphatic rings. The number of alkyl halides is 6. The number of fused-ring (bicyclic) bond motifs is 1. The van der Waals surface area contributed by atoms with Crippen molar-refractivity contribution >= 4 is 17.1 Å². The fraction of sp³-hybridized carbons (Fsp3) is 0.600. The van der Waals surface area contributed by atoms with Crippen LogP contribution in [0.15, 0.2) is 6.33 Å². The fourth-order valence-corrected chi connectivity index (χ4v) is 2.82. The van der Waals surface area contributed by atoms with Crippen LogP contribution in [0.2, 0.25) is 0 Å². The number of hydrogen-bond acceptors (Lipinski definition) is 6. The van der Waals surface area contributed by atoms with Crippen LogP contribution in [-0.4, -0.2) is 44.6 Å². The largest absolute Gasteiger partial charge is 0.479 e. The first-order valence-electron chi connectivity index (χ1n) is 8.09. The van der Waals surface area contributed by atoms with Crippen molar-refractivity contribution in [1.82, 2.24) is 19.5 Å². The molecule has 0 bridgehead atoms. The number of imidazole rings is 1. The number of ether oxygens (including phenoxy) is 2. The van der Waals surface area contributed by atoms with E-state index in [-0.39, 0.29) is 29.5 Å². The molecule has 0 atom stereocenters. The molecule has 13 heteroatoms. The molecule has 1 saturated carbocycles. The van der Waals surface area contributed by atoms with Gasteiger partial charge in [-0.3, -0.25) is 0 Å². The summed E-state index contributed by atoms with van der Waals surface area (Å²) in [6.07, 6.45) is -12.3. The maximum atomic E-state index is 12.7. The summed E-state index contributed by atoms with van der Waals surface area (Å²) >= 11 is 0. The normalized spacial score (nSPS) is 16.7. The number of methoxy groups -OCH3 is 1. The fourth-order valence-electron chi connectivity index (χ4n) is 2.82. The van der Waals surface area contributed by atoms with Crippen molar-refractivity contribution in [2.75, 3.05) is 12.8 Å². The average molecular weight is 412 g/mol. The highest BCUT2D eigenvalue weighted by Crippen LogP contribution is 2.47. The molecule has 28 heavy (non-hydrogen) atoms. The van der Waals surface area contributed by atoms with E-state index < -0.39 is 36.9 Å². The van der Waals surface area contributed by atoms with Crippen LogP contribution in [0.5, 0.6) is 5.88 Å². The van der Waals surface area contributed by atoms with Crippen LogP contribution in [-0.2, 0) is 11.3 Å². The minimum atomic E-state index is -4.81. The third kappa shape index (κ3) is 4.94. The molecular weight excluding hydrogens is 396 g/mol. The van der Waals surface area contributed by atoms with Gasteiger partial charge in [-0.25, -0.2) is 4.98 Å². The Kier molecular flexibility index (Phi) is 5.06. The molecule has 2 heterocycles. The Hall–Kier alpha value is -2.31. The van der Waals surface area contributed by atoms with E-state index >= 15 is 0 Å². The minimum Gasteiger partial charge on any atom is -0.479 e. The molecule has 0 saturated heterocycles. The van der Waals surface area contributed by atoms with Gasteiger partial charge < -0.3 is 19.8 Å². The van der Waals surface area contributed by atoms with Crippen LogP contribution in [0.25, 0.3) is 11.2 Å². The number of anilines is 1. The van der Waals surface area contributed by atoms with Crippen molar-refractivity contribution in [3.05, 3.63) is 12.4 Å². The summed E-state index contributed by atoms with van der Waals surface area (Å²) < 4.78 is 87.7. The average Bonchev–Trinajstić information content (AvgIpc) is 3.15. The van der Waals surface area contributed by atoms with Gasteiger partial charge in [-0.15, -0.1) is 0 Å². The molecule has 7 nitrogen and oxygen atoms in total. The smallest absolute Gasteiger partial charge is 0.391 e. The molecule has 2 aromatic rings. The molecule has 1 radical (unpaired) electrons. The first-order chi connectivity index (χ1) is 12.9. The Labute approximate surface area is 154 Å². The molecular formula is C15H16F6N5O2. The number of halogens is 6. The van der Waals surface area contributed by atoms with Crippen LogP contribution < -0.4 is 10.5 Å². The Morgan fingerprint density at radius 1 is 1.14 bits per heavy atom. The molecule has 1 aliphatic carbocycles. The summed E-state index contributed by atoms with van der Waals surface area (Å²) in [4.78, 5) is 12.0. The number of hydrogen-bond donors (Lipinski definition) is 1. The Morgan fingerprint density at radius 2 is 1.75 bits per heavy atom. The van der Waals surface area contributed by atoms with Crippen LogP contribution >= 0.6 is 0 Å². The van der Waals surface area contributed by atoms with Gasteiger partial charge in [0.2, 0.25) is 11.8 Å². The Morgan fingerprint density at radius 3 is 2.25 bits per heavy atom. The van der Waals surface area contributed by atoms with E-state index in [1.807, 2.05) is 0 Å². The lowest BCUT2D eigenvalue weighted by Crippen LogP contribution is -2.29. The number of nitrogens with zero attached hydrogens (tertiary/aromatic N) is 4. The third-order valence-electron chi connectivity index (χ3n) is 4.06. The summed E-state index contributed by atoms with van der Waals surface area (Å²) in [5, 5.41) is 0. The molecule has 1 fully saturated rings. The summed E-state index contributed by atoms with van der Waals surface area (Å²) in [5.41, 5.74) is 4.92. The molecule has 0 aromatic carbocycles. The second kappa shape index (κ2) is 6.94. The van der Waals surface area contributed by atoms with Gasteiger partial charge in [-0.05, 0) is 12.8 Å². The quantitative estimate of drug-likeness (QED) is 0.702. The van der Waals surface area contributed by atoms with Gasteiger partial charge in [0.15, 0.2) is 11.2 Å². The minimum absolute atomic E-state index is 0.0394. The highest BCUT2D eigenvalue weighted by Gasteiger charge is 2.50. The molecule has 155 valence electrons. The molecule has 0 amide bonds. The third-order valence-corrected chi connectivity index (χ3v) is 4.06. The maximum absolute atomic E-state index is 12.7. The molecule has 2 N–H and O–H groups in total. The van der Waals surface area contributed by atoms with Crippen molar-refractivity contribution in [3.8, 4) is 5.88 Å². The van der Waals surface area contributed by atoms with E-state index in [4.69, 9.17) is 15.2 Å². The predicted octanol–water partition coefficient (Wildman–Crippen LogP) is 3.40. The summed E-state index contributed by atoms with van der Waals surface area (Å²) in [6.45, 7) is -0.0394. The van der Waals surface area contributed by atoms with Crippen LogP contribution in [0.4, 0.5) is 32.3 Å². The highest BCUT2D eigenvalue weighted by molar-refractivity contribution is 5.77. The van der Waals surface area contributed by atoms with E-state index in [0.29, 0.717) is 12.8 Å². The highest BCUT2D eigenvalue weighted by atomic mass is 19.4. The van der Waals surface area contributed by atoms with Crippen LogP contribution in [0, 0.1) is 6.10 Å². The van der Waals surface area contributed by atoms with Gasteiger partial charge in [0.1, 0.15) is 6.10 Å². The Balaban J connectivity index is 1.81. The van der Waals surface area contributed by atoms with Crippen molar-refractivity contribution in [3.63, 3.8) is 0 Å². The first-order valence-corrected chi connectivity index (χ1v) is 8.09. The second-order valence-corrected chi connectivity index (χ2v) is 6.54. The van der Waals surface area contributed by atoms with Crippen LogP contribution in [0.3, 0.4) is 0 Å². The van der Waals surface area contributed by atoms with E-state index in [2.05, 4.69) is 15.0 Å². The topological polar surface area (TPSA) is 88.1 Å². The lowest BCUT2D eigenvalue weighted by Gasteiger charge is -2.26. The van der Waals surface area contributed by atoms with E-state index in [1.165, 1.54) is 18.0 Å². The van der Waals surface area contributed by atoms with Gasteiger partial charge in [0, 0.05) is 0 Å². The standard InChI is InChI=1S/C15H16F6N5O2/c1-27-11-9-10(24-12(22)25-11)26(7-23-9)6-13(2-3-13)28-8(4-14(16,17)18)5-15(19,20)21/h7H,2-6H2,1H3,(H2,22,24,25). The molecule has 2 aromatic heterocycles. The van der Waals surface area contributed by atoms with Crippen molar-refractivity contribution < 1.29 is 35.8 Å². The molecule has 0 spiro atoms. The zero-order valence-electron chi connectivity index (χ0n) is 14.6. The second-order valence-electron chi connectivity index (χ2n) is 6.54. The number of aromatic nitrogens is 4. The van der Waals surface area contributed by atoms with Crippen molar-refractivity contribution in [1.29, 1.82) is 0 Å². The summed E-state index contributed by atoms with van der Waals surface area (Å²) in [7, 11) is 1.35. The lowest BCUT2D eigenvalue weighted by molar-refractivity contribution is -0.177. The van der Waals surface area contributed by atoms with Crippen LogP contribution in [0.1, 0.15) is 25.7 Å². The van der Waals surface area contributed by atoms with Gasteiger partial charge in [-0.1, -0.05) is 0 Å². The van der Waals surface area contributed by atoms with Crippen molar-refractivity contribution in [2.24, 2.45) is 0 Å². The summed E-state index contributed by atoms with van der Waals surface area (Å²) in [6, 6.07) is 0. The number of nitrogen functional groups attached to an aromatic ring is 1. The van der Waals surface area contributed by atoms with E-state index in [9.17, 15) is 26.3 Å². The maximum Gasteiger partial charge on any atom is 0.391 e. The Bertz CT molecular complexity index is 830. The van der Waals surface area contributed by atoms with Crippen molar-refractivity contribution in [2.45, 2.75) is 50.2 Å². The monoisotopic (exact) mass is 412 g/mol. The van der Waals surface area contributed by atoms with Gasteiger partial charge in [0.05, 0.1) is 38.4 Å². The van der Waals surface area contributed by atoms with Gasteiger partial charge in [-0.2, -0.15) is 36.3 Å². The number of rotatable bonds is 7. The first kappa shape index (κ1) is 20.4. The predicted molar refractivity (Wildman–Crippen MR) is 83.9 cm³/mol. The SMILES string of the molecule is COc1nc(N)nc2c1ncn2CC1(O[C](CC(F)(F)F)CC(F)(F)F)CC1. The summed E-state index contributed by atoms with van der Waals surface area (Å²) in [5.74, 6) is -0.00771. The zero-order valence-corrected chi connectivity index (χ0v) is 14.6. The van der Waals surface area contributed by atoms with E-state index in [0.717, 1.165) is 0 Å². The molecule has 0 aliphatic heterocycles. The zero-order chi connectivity index (χ0) is 20.7. The van der Waals surface area contributed by atoms with E-state index in [1.54, 1.807) is 0 Å². The van der Waals surface area contributed by atoms with Gasteiger partial charge >= 0.3 is 12.4 Å². The lowest BCUT2D eigenvalue weighted by atomic mass is 10.1. The van der Waals surface area contributed by atoms with Gasteiger partial charge in [0.25, 0.3) is 0 Å². The number of nitrogens with two attached hydrogens (primary N) is 1. The molecule has 0 unspecified atom stereocenters. The molecule has 3 rings (SSSR count).